The first kappa shape index (κ1) is 10.5. The predicted molar refractivity (Wildman–Crippen MR) is 35.7 cm³/mol. The van der Waals surface area contributed by atoms with Crippen LogP contribution in [0.1, 0.15) is 12.8 Å². The number of alkyl halides is 3. The largest absolute Gasteiger partial charge is 0.443 e. The van der Waals surface area contributed by atoms with Crippen LogP contribution in [0, 0.1) is 5.92 Å². The van der Waals surface area contributed by atoms with Gasteiger partial charge in [0.25, 0.3) is 5.79 Å². The fourth-order valence-electron chi connectivity index (χ4n) is 1.29. The average molecular weight is 198 g/mol. The van der Waals surface area contributed by atoms with Crippen molar-refractivity contribution in [1.82, 2.24) is 0 Å². The second-order valence-corrected chi connectivity index (χ2v) is 2.93. The monoisotopic (exact) mass is 198 g/mol. The summed E-state index contributed by atoms with van der Waals surface area (Å²) in [7, 11) is 0. The second-order valence-electron chi connectivity index (χ2n) is 2.93. The molecule has 0 aromatic rings. The maximum absolute atomic E-state index is 12.2. The van der Waals surface area contributed by atoms with Crippen molar-refractivity contribution in [1.29, 1.82) is 0 Å². The van der Waals surface area contributed by atoms with E-state index in [1.807, 2.05) is 0 Å². The molecule has 1 aliphatic heterocycles. The molecule has 1 rings (SSSR count). The van der Waals surface area contributed by atoms with Crippen LogP contribution in [0.15, 0.2) is 0 Å². The Bertz CT molecular complexity index is 204. The molecular formula is C7H9F3O3. The smallest absolute Gasteiger partial charge is 0.358 e. The number of hydrogen-bond acceptors (Lipinski definition) is 3. The van der Waals surface area contributed by atoms with Crippen molar-refractivity contribution in [2.75, 3.05) is 6.61 Å². The van der Waals surface area contributed by atoms with Crippen LogP contribution in [0.25, 0.3) is 0 Å². The summed E-state index contributed by atoms with van der Waals surface area (Å²) in [6.45, 7) is -0.180. The summed E-state index contributed by atoms with van der Waals surface area (Å²) in [5.41, 5.74) is 0. The van der Waals surface area contributed by atoms with Gasteiger partial charge in [0.15, 0.2) is 0 Å². The molecule has 0 aromatic heterocycles. The van der Waals surface area contributed by atoms with Gasteiger partial charge in [-0.1, -0.05) is 0 Å². The molecule has 0 radical (unpaired) electrons. The highest BCUT2D eigenvalue weighted by atomic mass is 19.4. The molecule has 0 saturated carbocycles. The number of halogens is 3. The number of hydrogen-bond donors (Lipinski definition) is 1. The van der Waals surface area contributed by atoms with Crippen LogP contribution in [0.4, 0.5) is 13.2 Å². The molecule has 1 saturated heterocycles. The normalized spacial score (nSPS) is 35.8. The van der Waals surface area contributed by atoms with Crippen molar-refractivity contribution < 1.29 is 27.8 Å². The first-order valence-electron chi connectivity index (χ1n) is 3.80. The molecule has 1 fully saturated rings. The van der Waals surface area contributed by atoms with Crippen LogP contribution in [0.3, 0.4) is 0 Å². The third kappa shape index (κ3) is 1.68. The van der Waals surface area contributed by atoms with Gasteiger partial charge in [-0.15, -0.1) is 0 Å². The summed E-state index contributed by atoms with van der Waals surface area (Å²) in [5.74, 6) is -4.80. The van der Waals surface area contributed by atoms with Crippen LogP contribution in [-0.2, 0) is 9.53 Å². The van der Waals surface area contributed by atoms with E-state index in [1.165, 1.54) is 0 Å². The molecule has 0 aliphatic carbocycles. The second kappa shape index (κ2) is 3.26. The van der Waals surface area contributed by atoms with E-state index in [1.54, 1.807) is 0 Å². The van der Waals surface area contributed by atoms with Gasteiger partial charge in [-0.25, -0.2) is 0 Å². The first-order valence-corrected chi connectivity index (χ1v) is 3.80. The van der Waals surface area contributed by atoms with Gasteiger partial charge in [-0.2, -0.15) is 13.2 Å². The molecular weight excluding hydrogens is 189 g/mol. The van der Waals surface area contributed by atoms with E-state index < -0.39 is 17.9 Å². The molecule has 0 amide bonds. The van der Waals surface area contributed by atoms with E-state index in [9.17, 15) is 18.0 Å². The topological polar surface area (TPSA) is 46.5 Å². The fraction of sp³-hybridized carbons (Fsp3) is 0.857. The van der Waals surface area contributed by atoms with Crippen LogP contribution in [-0.4, -0.2) is 30.0 Å². The zero-order chi connectivity index (χ0) is 10.1. The summed E-state index contributed by atoms with van der Waals surface area (Å²) in [5, 5.41) is 9.09. The lowest BCUT2D eigenvalue weighted by atomic mass is 9.92. The Morgan fingerprint density at radius 3 is 2.54 bits per heavy atom. The third-order valence-electron chi connectivity index (χ3n) is 2.05. The minimum absolute atomic E-state index is 0.000486. The lowest BCUT2D eigenvalue weighted by Gasteiger charge is -2.37. The Balaban J connectivity index is 2.89. The van der Waals surface area contributed by atoms with Crippen LogP contribution >= 0.6 is 0 Å². The highest BCUT2D eigenvalue weighted by Gasteiger charge is 2.61. The van der Waals surface area contributed by atoms with Crippen LogP contribution in [0.5, 0.6) is 0 Å². The standard InChI is InChI=1S/C7H9F3O3/c8-7(9,10)6(12)5(4-11)2-1-3-13-6/h4-5,12H,1-3H2. The number of carbonyl (C=O) groups excluding carboxylic acids is 1. The zero-order valence-corrected chi connectivity index (χ0v) is 6.67. The van der Waals surface area contributed by atoms with E-state index in [0.29, 0.717) is 6.42 Å². The quantitative estimate of drug-likeness (QED) is 0.635. The zero-order valence-electron chi connectivity index (χ0n) is 6.67. The molecule has 1 N–H and O–H groups in total. The average Bonchev–Trinajstić information content (AvgIpc) is 2.03. The Labute approximate surface area is 72.5 Å². The lowest BCUT2D eigenvalue weighted by Crippen LogP contribution is -2.56. The lowest BCUT2D eigenvalue weighted by molar-refractivity contribution is -0.388. The van der Waals surface area contributed by atoms with Gasteiger partial charge < -0.3 is 14.6 Å². The summed E-state index contributed by atoms with van der Waals surface area (Å²) < 4.78 is 40.9. The Morgan fingerprint density at radius 1 is 1.54 bits per heavy atom. The van der Waals surface area contributed by atoms with E-state index in [-0.39, 0.29) is 19.3 Å². The molecule has 1 heterocycles. The fourth-order valence-corrected chi connectivity index (χ4v) is 1.29. The highest BCUT2D eigenvalue weighted by molar-refractivity contribution is 5.55. The van der Waals surface area contributed by atoms with Crippen molar-refractivity contribution in [3.8, 4) is 0 Å². The SMILES string of the molecule is O=CC1CCCOC1(O)C(F)(F)F. The number of aliphatic hydroxyl groups is 1. The molecule has 1 aliphatic rings. The van der Waals surface area contributed by atoms with Gasteiger partial charge in [-0.3, -0.25) is 0 Å². The first-order chi connectivity index (χ1) is 5.92. The summed E-state index contributed by atoms with van der Waals surface area (Å²) in [6, 6.07) is 0. The molecule has 0 spiro atoms. The molecule has 6 heteroatoms. The van der Waals surface area contributed by atoms with E-state index in [2.05, 4.69) is 4.74 Å². The Morgan fingerprint density at radius 2 is 2.15 bits per heavy atom. The van der Waals surface area contributed by atoms with Crippen LogP contribution in [0.2, 0.25) is 0 Å². The van der Waals surface area contributed by atoms with Crippen molar-refractivity contribution in [3.05, 3.63) is 0 Å². The van der Waals surface area contributed by atoms with Gasteiger partial charge in [0.2, 0.25) is 0 Å². The number of rotatable bonds is 1. The van der Waals surface area contributed by atoms with Gasteiger partial charge in [0, 0.05) is 0 Å². The summed E-state index contributed by atoms with van der Waals surface area (Å²) in [6.07, 6.45) is -4.48. The molecule has 76 valence electrons. The minimum atomic E-state index is -4.92. The van der Waals surface area contributed by atoms with E-state index in [4.69, 9.17) is 5.11 Å². The third-order valence-corrected chi connectivity index (χ3v) is 2.05. The number of carbonyl (C=O) groups is 1. The highest BCUT2D eigenvalue weighted by Crippen LogP contribution is 2.40. The molecule has 2 unspecified atom stereocenters. The molecule has 3 nitrogen and oxygen atoms in total. The molecule has 2 atom stereocenters. The molecule has 13 heavy (non-hydrogen) atoms. The van der Waals surface area contributed by atoms with Crippen molar-refractivity contribution >= 4 is 6.29 Å². The van der Waals surface area contributed by atoms with Crippen molar-refractivity contribution in [2.24, 2.45) is 5.92 Å². The summed E-state index contributed by atoms with van der Waals surface area (Å²) >= 11 is 0. The summed E-state index contributed by atoms with van der Waals surface area (Å²) in [4.78, 5) is 10.3. The van der Waals surface area contributed by atoms with Crippen molar-refractivity contribution in [2.45, 2.75) is 24.8 Å². The van der Waals surface area contributed by atoms with Gasteiger partial charge in [0.05, 0.1) is 12.5 Å². The maximum atomic E-state index is 12.2. The van der Waals surface area contributed by atoms with Gasteiger partial charge in [0.1, 0.15) is 6.29 Å². The van der Waals surface area contributed by atoms with Crippen molar-refractivity contribution in [3.63, 3.8) is 0 Å². The van der Waals surface area contributed by atoms with Gasteiger partial charge >= 0.3 is 6.18 Å². The Kier molecular flexibility index (Phi) is 2.63. The van der Waals surface area contributed by atoms with E-state index >= 15 is 0 Å². The maximum Gasteiger partial charge on any atom is 0.443 e. The number of aldehydes is 1. The predicted octanol–water partition coefficient (Wildman–Crippen LogP) is 0.863. The molecule has 0 bridgehead atoms. The molecule has 0 aromatic carbocycles. The van der Waals surface area contributed by atoms with Crippen LogP contribution < -0.4 is 0 Å². The minimum Gasteiger partial charge on any atom is -0.358 e. The van der Waals surface area contributed by atoms with E-state index in [0.717, 1.165) is 0 Å². The van der Waals surface area contributed by atoms with Gasteiger partial charge in [-0.05, 0) is 12.8 Å². The Hall–Kier alpha value is -0.620. The number of ether oxygens (including phenoxy) is 1.